The van der Waals surface area contributed by atoms with E-state index < -0.39 is 0 Å². The fraction of sp³-hybridized carbons (Fsp3) is 0.0714. The Morgan fingerprint density at radius 3 is 2.74 bits per heavy atom. The summed E-state index contributed by atoms with van der Waals surface area (Å²) in [6, 6.07) is 11.5. The van der Waals surface area contributed by atoms with Crippen LogP contribution in [0.2, 0.25) is 0 Å². The summed E-state index contributed by atoms with van der Waals surface area (Å²) in [5.74, 6) is -0.601. The highest BCUT2D eigenvalue weighted by atomic mass is 79.9. The van der Waals surface area contributed by atoms with Crippen molar-refractivity contribution < 1.29 is 9.18 Å². The molecule has 0 heterocycles. The first kappa shape index (κ1) is 14.1. The predicted octanol–water partition coefficient (Wildman–Crippen LogP) is 3.81. The summed E-state index contributed by atoms with van der Waals surface area (Å²) in [7, 11) is 0. The molecule has 2 aromatic rings. The number of halogens is 2. The Hall–Kier alpha value is -1.33. The van der Waals surface area contributed by atoms with E-state index in [1.54, 1.807) is 36.4 Å². The minimum Gasteiger partial charge on any atom is -0.348 e. The lowest BCUT2D eigenvalue weighted by molar-refractivity contribution is 0.0949. The molecule has 19 heavy (non-hydrogen) atoms. The Bertz CT molecular complexity index is 618. The molecular weight excluding hydrogens is 329 g/mol. The van der Waals surface area contributed by atoms with Crippen LogP contribution >= 0.6 is 28.6 Å². The highest BCUT2D eigenvalue weighted by Crippen LogP contribution is 2.20. The van der Waals surface area contributed by atoms with Gasteiger partial charge in [0.25, 0.3) is 5.91 Å². The third-order valence-corrected chi connectivity index (χ3v) is 3.56. The molecule has 0 saturated carbocycles. The van der Waals surface area contributed by atoms with Crippen molar-refractivity contribution in [3.05, 3.63) is 63.9 Å². The van der Waals surface area contributed by atoms with E-state index in [-0.39, 0.29) is 18.3 Å². The number of rotatable bonds is 3. The van der Waals surface area contributed by atoms with Crippen LogP contribution in [0.5, 0.6) is 0 Å². The molecule has 2 nitrogen and oxygen atoms in total. The first-order valence-corrected chi connectivity index (χ1v) is 6.82. The lowest BCUT2D eigenvalue weighted by Crippen LogP contribution is -2.23. The molecule has 98 valence electrons. The summed E-state index contributed by atoms with van der Waals surface area (Å²) in [6.07, 6.45) is 0. The number of carbonyl (C=O) groups excluding carboxylic acids is 1. The zero-order valence-corrected chi connectivity index (χ0v) is 12.3. The third-order valence-electron chi connectivity index (χ3n) is 2.59. The zero-order valence-electron chi connectivity index (χ0n) is 9.86. The molecule has 0 aliphatic rings. The average Bonchev–Trinajstić information content (AvgIpc) is 2.40. The van der Waals surface area contributed by atoms with Crippen LogP contribution < -0.4 is 5.32 Å². The molecule has 0 aromatic heterocycles. The second-order valence-corrected chi connectivity index (χ2v) is 5.31. The van der Waals surface area contributed by atoms with E-state index in [4.69, 9.17) is 0 Å². The fourth-order valence-electron chi connectivity index (χ4n) is 1.60. The fourth-order valence-corrected chi connectivity index (χ4v) is 2.23. The van der Waals surface area contributed by atoms with Crippen molar-refractivity contribution in [1.82, 2.24) is 5.32 Å². The molecule has 5 heteroatoms. The van der Waals surface area contributed by atoms with Gasteiger partial charge in [0.1, 0.15) is 5.82 Å². The molecule has 0 atom stereocenters. The minimum absolute atomic E-state index is 0.148. The summed E-state index contributed by atoms with van der Waals surface area (Å²) in [5, 5.41) is 2.68. The van der Waals surface area contributed by atoms with E-state index in [0.29, 0.717) is 20.5 Å². The molecule has 0 radical (unpaired) electrons. The molecule has 0 bridgehead atoms. The maximum Gasteiger partial charge on any atom is 0.252 e. The summed E-state index contributed by atoms with van der Waals surface area (Å²) in [6.45, 7) is 0.148. The summed E-state index contributed by atoms with van der Waals surface area (Å²) in [5.41, 5.74) is 0.929. The summed E-state index contributed by atoms with van der Waals surface area (Å²) in [4.78, 5) is 12.7. The SMILES string of the molecule is O=C(NCc1ccccc1F)c1cc(S)ccc1Br. The van der Waals surface area contributed by atoms with Crippen LogP contribution in [-0.2, 0) is 6.54 Å². The number of carbonyl (C=O) groups is 1. The molecular formula is C14H11BrFNOS. The average molecular weight is 340 g/mol. The van der Waals surface area contributed by atoms with Gasteiger partial charge in [-0.2, -0.15) is 0 Å². The number of thiol groups is 1. The summed E-state index contributed by atoms with van der Waals surface area (Å²) < 4.78 is 14.1. The molecule has 2 rings (SSSR count). The topological polar surface area (TPSA) is 29.1 Å². The maximum absolute atomic E-state index is 13.4. The number of benzene rings is 2. The van der Waals surface area contributed by atoms with Crippen LogP contribution in [0.4, 0.5) is 4.39 Å². The Morgan fingerprint density at radius 1 is 1.26 bits per heavy atom. The van der Waals surface area contributed by atoms with Crippen molar-refractivity contribution in [2.24, 2.45) is 0 Å². The normalized spacial score (nSPS) is 10.3. The van der Waals surface area contributed by atoms with E-state index in [2.05, 4.69) is 33.9 Å². The Kier molecular flexibility index (Phi) is 4.61. The van der Waals surface area contributed by atoms with Crippen LogP contribution in [0.15, 0.2) is 51.8 Å². The molecule has 0 saturated heterocycles. The lowest BCUT2D eigenvalue weighted by Gasteiger charge is -2.08. The predicted molar refractivity (Wildman–Crippen MR) is 79.0 cm³/mol. The van der Waals surface area contributed by atoms with Crippen LogP contribution in [0, 0.1) is 5.82 Å². The van der Waals surface area contributed by atoms with Gasteiger partial charge in [0.2, 0.25) is 0 Å². The van der Waals surface area contributed by atoms with E-state index in [1.165, 1.54) is 6.07 Å². The number of hydrogen-bond donors (Lipinski definition) is 2. The highest BCUT2D eigenvalue weighted by Gasteiger charge is 2.10. The van der Waals surface area contributed by atoms with Crippen molar-refractivity contribution in [2.45, 2.75) is 11.4 Å². The summed E-state index contributed by atoms with van der Waals surface area (Å²) >= 11 is 7.49. The van der Waals surface area contributed by atoms with Gasteiger partial charge >= 0.3 is 0 Å². The molecule has 2 aromatic carbocycles. The number of nitrogens with one attached hydrogen (secondary N) is 1. The van der Waals surface area contributed by atoms with E-state index >= 15 is 0 Å². The number of hydrogen-bond acceptors (Lipinski definition) is 2. The lowest BCUT2D eigenvalue weighted by atomic mass is 10.2. The van der Waals surface area contributed by atoms with Crippen molar-refractivity contribution >= 4 is 34.5 Å². The van der Waals surface area contributed by atoms with Gasteiger partial charge in [-0.3, -0.25) is 4.79 Å². The Labute approximate surface area is 124 Å². The first-order valence-electron chi connectivity index (χ1n) is 5.58. The molecule has 0 fully saturated rings. The van der Waals surface area contributed by atoms with Crippen LogP contribution in [0.1, 0.15) is 15.9 Å². The van der Waals surface area contributed by atoms with Crippen molar-refractivity contribution in [1.29, 1.82) is 0 Å². The number of amides is 1. The molecule has 0 aliphatic carbocycles. The second kappa shape index (κ2) is 6.21. The minimum atomic E-state index is -0.329. The Balaban J connectivity index is 2.10. The van der Waals surface area contributed by atoms with E-state index in [1.807, 2.05) is 0 Å². The van der Waals surface area contributed by atoms with Crippen LogP contribution in [-0.4, -0.2) is 5.91 Å². The molecule has 1 N–H and O–H groups in total. The monoisotopic (exact) mass is 339 g/mol. The van der Waals surface area contributed by atoms with E-state index in [9.17, 15) is 9.18 Å². The van der Waals surface area contributed by atoms with Crippen molar-refractivity contribution in [3.63, 3.8) is 0 Å². The van der Waals surface area contributed by atoms with Gasteiger partial charge in [0.05, 0.1) is 5.56 Å². The largest absolute Gasteiger partial charge is 0.348 e. The molecule has 1 amide bonds. The molecule has 0 spiro atoms. The van der Waals surface area contributed by atoms with Gasteiger partial charge < -0.3 is 5.32 Å². The van der Waals surface area contributed by atoms with Gasteiger partial charge in [0.15, 0.2) is 0 Å². The molecule has 0 unspecified atom stereocenters. The van der Waals surface area contributed by atoms with Gasteiger partial charge in [-0.1, -0.05) is 18.2 Å². The standard InChI is InChI=1S/C14H11BrFNOS/c15-12-6-5-10(19)7-11(12)14(18)17-8-9-3-1-2-4-13(9)16/h1-7,19H,8H2,(H,17,18). The van der Waals surface area contributed by atoms with Crippen molar-refractivity contribution in [2.75, 3.05) is 0 Å². The van der Waals surface area contributed by atoms with Crippen molar-refractivity contribution in [3.8, 4) is 0 Å². The maximum atomic E-state index is 13.4. The van der Waals surface area contributed by atoms with Gasteiger partial charge in [-0.25, -0.2) is 4.39 Å². The van der Waals surface area contributed by atoms with Gasteiger partial charge in [0, 0.05) is 21.5 Å². The third kappa shape index (κ3) is 3.58. The van der Waals surface area contributed by atoms with E-state index in [0.717, 1.165) is 0 Å². The highest BCUT2D eigenvalue weighted by molar-refractivity contribution is 9.10. The Morgan fingerprint density at radius 2 is 2.00 bits per heavy atom. The quantitative estimate of drug-likeness (QED) is 0.818. The zero-order chi connectivity index (χ0) is 13.8. The van der Waals surface area contributed by atoms with Crippen LogP contribution in [0.3, 0.4) is 0 Å². The smallest absolute Gasteiger partial charge is 0.252 e. The van der Waals surface area contributed by atoms with Gasteiger partial charge in [-0.15, -0.1) is 12.6 Å². The second-order valence-electron chi connectivity index (χ2n) is 3.94. The van der Waals surface area contributed by atoms with Crippen LogP contribution in [0.25, 0.3) is 0 Å². The molecule has 0 aliphatic heterocycles. The van der Waals surface area contributed by atoms with Gasteiger partial charge in [-0.05, 0) is 40.2 Å². The first-order chi connectivity index (χ1) is 9.08.